The van der Waals surface area contributed by atoms with Gasteiger partial charge in [-0.25, -0.2) is 12.7 Å². The molecule has 0 saturated carbocycles. The molecule has 0 spiro atoms. The molecule has 1 heterocycles. The molecule has 28 heavy (non-hydrogen) atoms. The number of hydrogen-bond acceptors (Lipinski definition) is 6. The molecule has 1 N–H and O–H groups in total. The highest BCUT2D eigenvalue weighted by atomic mass is 32.2. The highest BCUT2D eigenvalue weighted by molar-refractivity contribution is 7.89. The maximum atomic E-state index is 12.9. The van der Waals surface area contributed by atoms with Gasteiger partial charge in [-0.05, 0) is 31.5 Å². The summed E-state index contributed by atoms with van der Waals surface area (Å²) in [4.78, 5) is 36.1. The number of amides is 2. The number of para-hydroxylation sites is 1. The van der Waals surface area contributed by atoms with Crippen LogP contribution in [0.4, 0.5) is 5.69 Å². The Morgan fingerprint density at radius 1 is 1.11 bits per heavy atom. The SMILES string of the molecule is Cc1ccc(S(=O)(=O)N2C(=O)CC[C@H]2C(=O)Nc2ccccc2C(=O)[O-])cc1. The Morgan fingerprint density at radius 2 is 1.75 bits per heavy atom. The van der Waals surface area contributed by atoms with Crippen LogP contribution in [0.2, 0.25) is 0 Å². The Balaban J connectivity index is 1.91. The summed E-state index contributed by atoms with van der Waals surface area (Å²) in [7, 11) is -4.22. The highest BCUT2D eigenvalue weighted by Gasteiger charge is 2.44. The Kier molecular flexibility index (Phi) is 5.19. The van der Waals surface area contributed by atoms with Gasteiger partial charge in [0, 0.05) is 17.7 Å². The maximum absolute atomic E-state index is 12.9. The third-order valence-corrected chi connectivity index (χ3v) is 6.29. The van der Waals surface area contributed by atoms with Crippen LogP contribution in [0.3, 0.4) is 0 Å². The standard InChI is InChI=1S/C19H18N2O6S/c1-12-6-8-13(9-7-12)28(26,27)21-16(10-11-17(21)22)18(23)20-15-5-3-2-4-14(15)19(24)25/h2-9,16H,10-11H2,1H3,(H,20,23)(H,24,25)/p-1/t16-/m0/s1. The van der Waals surface area contributed by atoms with E-state index in [2.05, 4.69) is 5.32 Å². The van der Waals surface area contributed by atoms with Gasteiger partial charge in [-0.2, -0.15) is 0 Å². The van der Waals surface area contributed by atoms with Crippen molar-refractivity contribution in [2.45, 2.75) is 30.7 Å². The predicted molar refractivity (Wildman–Crippen MR) is 97.6 cm³/mol. The van der Waals surface area contributed by atoms with Crippen LogP contribution in [-0.2, 0) is 19.6 Å². The maximum Gasteiger partial charge on any atom is 0.267 e. The lowest BCUT2D eigenvalue weighted by molar-refractivity contribution is -0.254. The fraction of sp³-hybridized carbons (Fsp3) is 0.211. The third-order valence-electron chi connectivity index (χ3n) is 4.45. The van der Waals surface area contributed by atoms with E-state index in [0.717, 1.165) is 5.56 Å². The normalized spacial score (nSPS) is 16.8. The molecule has 2 aromatic carbocycles. The van der Waals surface area contributed by atoms with Crippen LogP contribution in [0.5, 0.6) is 0 Å². The van der Waals surface area contributed by atoms with E-state index < -0.39 is 33.8 Å². The van der Waals surface area contributed by atoms with Gasteiger partial charge in [0.2, 0.25) is 11.8 Å². The summed E-state index contributed by atoms with van der Waals surface area (Å²) in [6, 6.07) is 10.3. The zero-order valence-electron chi connectivity index (χ0n) is 14.9. The third kappa shape index (κ3) is 3.61. The molecular formula is C19H17N2O6S-. The van der Waals surface area contributed by atoms with E-state index >= 15 is 0 Å². The van der Waals surface area contributed by atoms with Crippen LogP contribution in [0.25, 0.3) is 0 Å². The molecule has 9 heteroatoms. The summed E-state index contributed by atoms with van der Waals surface area (Å²) >= 11 is 0. The molecule has 8 nitrogen and oxygen atoms in total. The number of nitrogens with one attached hydrogen (secondary N) is 1. The highest BCUT2D eigenvalue weighted by Crippen LogP contribution is 2.28. The Morgan fingerprint density at radius 3 is 2.39 bits per heavy atom. The smallest absolute Gasteiger partial charge is 0.267 e. The van der Waals surface area contributed by atoms with Crippen LogP contribution >= 0.6 is 0 Å². The second-order valence-electron chi connectivity index (χ2n) is 6.38. The van der Waals surface area contributed by atoms with Crippen molar-refractivity contribution in [2.24, 2.45) is 0 Å². The minimum absolute atomic E-state index is 0.00322. The van der Waals surface area contributed by atoms with Crippen LogP contribution in [0.15, 0.2) is 53.4 Å². The van der Waals surface area contributed by atoms with Crippen molar-refractivity contribution in [3.8, 4) is 0 Å². The summed E-state index contributed by atoms with van der Waals surface area (Å²) in [5.41, 5.74) is 0.576. The molecule has 0 aliphatic carbocycles. The van der Waals surface area contributed by atoms with E-state index in [4.69, 9.17) is 0 Å². The summed E-state index contributed by atoms with van der Waals surface area (Å²) in [6.45, 7) is 1.79. The van der Waals surface area contributed by atoms with Crippen molar-refractivity contribution in [1.29, 1.82) is 0 Å². The first-order valence-corrected chi connectivity index (χ1v) is 9.91. The van der Waals surface area contributed by atoms with E-state index in [0.29, 0.717) is 4.31 Å². The molecule has 0 radical (unpaired) electrons. The van der Waals surface area contributed by atoms with Crippen molar-refractivity contribution in [2.75, 3.05) is 5.32 Å². The molecular weight excluding hydrogens is 384 g/mol. The Labute approximate surface area is 161 Å². The zero-order valence-corrected chi connectivity index (χ0v) is 15.7. The van der Waals surface area contributed by atoms with E-state index in [1.807, 2.05) is 0 Å². The van der Waals surface area contributed by atoms with Crippen molar-refractivity contribution in [1.82, 2.24) is 4.31 Å². The van der Waals surface area contributed by atoms with E-state index in [1.165, 1.54) is 36.4 Å². The molecule has 1 aliphatic heterocycles. The fourth-order valence-corrected chi connectivity index (χ4v) is 4.61. The quantitative estimate of drug-likeness (QED) is 0.786. The number of aryl methyl sites for hydroxylation is 1. The van der Waals surface area contributed by atoms with Crippen LogP contribution in [0, 0.1) is 6.92 Å². The second-order valence-corrected chi connectivity index (χ2v) is 8.20. The lowest BCUT2D eigenvalue weighted by Gasteiger charge is -2.24. The Bertz CT molecular complexity index is 1050. The average molecular weight is 401 g/mol. The van der Waals surface area contributed by atoms with Crippen LogP contribution in [-0.4, -0.2) is 36.5 Å². The summed E-state index contributed by atoms with van der Waals surface area (Å²) in [6.07, 6.45) is -0.103. The van der Waals surface area contributed by atoms with Gasteiger partial charge in [0.05, 0.1) is 10.9 Å². The van der Waals surface area contributed by atoms with E-state index in [-0.39, 0.29) is 29.0 Å². The number of carboxylic acids is 1. The summed E-state index contributed by atoms with van der Waals surface area (Å²) in [5, 5.41) is 13.6. The van der Waals surface area contributed by atoms with Crippen molar-refractivity contribution < 1.29 is 27.9 Å². The number of hydrogen-bond donors (Lipinski definition) is 1. The van der Waals surface area contributed by atoms with E-state index in [9.17, 15) is 27.9 Å². The van der Waals surface area contributed by atoms with Crippen molar-refractivity contribution in [3.63, 3.8) is 0 Å². The van der Waals surface area contributed by atoms with Crippen LogP contribution < -0.4 is 10.4 Å². The number of benzene rings is 2. The first-order chi connectivity index (χ1) is 13.2. The minimum Gasteiger partial charge on any atom is -0.545 e. The monoisotopic (exact) mass is 401 g/mol. The number of carbonyl (C=O) groups is 3. The first-order valence-electron chi connectivity index (χ1n) is 8.47. The lowest BCUT2D eigenvalue weighted by atomic mass is 10.1. The molecule has 1 saturated heterocycles. The number of aromatic carboxylic acids is 1. The molecule has 1 aliphatic rings. The van der Waals surface area contributed by atoms with Crippen LogP contribution in [0.1, 0.15) is 28.8 Å². The van der Waals surface area contributed by atoms with Gasteiger partial charge in [-0.3, -0.25) is 9.59 Å². The van der Waals surface area contributed by atoms with Gasteiger partial charge in [-0.15, -0.1) is 0 Å². The van der Waals surface area contributed by atoms with E-state index in [1.54, 1.807) is 19.1 Å². The number of nitrogens with zero attached hydrogens (tertiary/aromatic N) is 1. The molecule has 0 unspecified atom stereocenters. The molecule has 0 aromatic heterocycles. The second kappa shape index (κ2) is 7.43. The van der Waals surface area contributed by atoms with Crippen molar-refractivity contribution >= 4 is 33.5 Å². The first kappa shape index (κ1) is 19.6. The van der Waals surface area contributed by atoms with Gasteiger partial charge < -0.3 is 15.2 Å². The fourth-order valence-electron chi connectivity index (χ4n) is 3.01. The molecule has 2 aromatic rings. The topological polar surface area (TPSA) is 124 Å². The zero-order chi connectivity index (χ0) is 20.5. The van der Waals surface area contributed by atoms with Gasteiger partial charge in [-0.1, -0.05) is 35.9 Å². The largest absolute Gasteiger partial charge is 0.545 e. The number of sulfonamides is 1. The summed E-state index contributed by atoms with van der Waals surface area (Å²) in [5.74, 6) is -2.95. The molecule has 1 atom stereocenters. The molecule has 3 rings (SSSR count). The molecule has 146 valence electrons. The minimum atomic E-state index is -4.22. The Hall–Kier alpha value is -3.20. The number of carbonyl (C=O) groups excluding carboxylic acids is 3. The average Bonchev–Trinajstić information content (AvgIpc) is 3.05. The predicted octanol–water partition coefficient (Wildman–Crippen LogP) is 0.677. The number of carboxylic acid groups (broad SMARTS) is 1. The van der Waals surface area contributed by atoms with Gasteiger partial charge in [0.25, 0.3) is 10.0 Å². The number of anilines is 1. The lowest BCUT2D eigenvalue weighted by Crippen LogP contribution is -2.45. The number of rotatable bonds is 5. The molecule has 1 fully saturated rings. The van der Waals surface area contributed by atoms with Crippen molar-refractivity contribution in [3.05, 3.63) is 59.7 Å². The molecule has 0 bridgehead atoms. The van der Waals surface area contributed by atoms with Gasteiger partial charge >= 0.3 is 0 Å². The van der Waals surface area contributed by atoms with Gasteiger partial charge in [0.1, 0.15) is 6.04 Å². The molecule has 2 amide bonds. The summed E-state index contributed by atoms with van der Waals surface area (Å²) < 4.78 is 26.4. The van der Waals surface area contributed by atoms with Gasteiger partial charge in [0.15, 0.2) is 0 Å².